The molecular formula is C7H12N2O2. The molecule has 4 nitrogen and oxygen atoms in total. The minimum atomic E-state index is 0.0581. The van der Waals surface area contributed by atoms with E-state index in [0.29, 0.717) is 19.5 Å². The van der Waals surface area contributed by atoms with Crippen LogP contribution in [0.5, 0.6) is 0 Å². The van der Waals surface area contributed by atoms with E-state index in [4.69, 9.17) is 0 Å². The van der Waals surface area contributed by atoms with Crippen molar-refractivity contribution in [2.75, 3.05) is 13.1 Å². The first-order chi connectivity index (χ1) is 5.20. The van der Waals surface area contributed by atoms with Crippen molar-refractivity contribution in [1.82, 2.24) is 5.01 Å². The maximum atomic E-state index is 10.5. The second-order valence-corrected chi connectivity index (χ2v) is 2.23. The summed E-state index contributed by atoms with van der Waals surface area (Å²) in [4.78, 5) is 20.5. The van der Waals surface area contributed by atoms with E-state index < -0.39 is 0 Å². The lowest BCUT2D eigenvalue weighted by Crippen LogP contribution is -2.19. The Morgan fingerprint density at radius 3 is 2.73 bits per heavy atom. The number of nitrogens with zero attached hydrogens (tertiary/aromatic N) is 2. The Morgan fingerprint density at radius 2 is 2.36 bits per heavy atom. The van der Waals surface area contributed by atoms with Crippen molar-refractivity contribution >= 4 is 5.78 Å². The lowest BCUT2D eigenvalue weighted by atomic mass is 10.3. The molecule has 0 radical (unpaired) electrons. The van der Waals surface area contributed by atoms with Crippen LogP contribution >= 0.6 is 0 Å². The molecule has 0 aromatic heterocycles. The van der Waals surface area contributed by atoms with Gasteiger partial charge in [-0.3, -0.25) is 9.80 Å². The third kappa shape index (κ3) is 5.26. The number of carbonyl (C=O) groups is 1. The van der Waals surface area contributed by atoms with Crippen LogP contribution in [0.2, 0.25) is 0 Å². The quantitative estimate of drug-likeness (QED) is 0.329. The molecule has 0 aliphatic heterocycles. The fourth-order valence-electron chi connectivity index (χ4n) is 0.601. The highest BCUT2D eigenvalue weighted by Gasteiger charge is 2.00. The van der Waals surface area contributed by atoms with Gasteiger partial charge in [0.05, 0.1) is 11.8 Å². The zero-order valence-corrected chi connectivity index (χ0v) is 6.62. The smallest absolute Gasteiger partial charge is 0.131 e. The monoisotopic (exact) mass is 156 g/mol. The summed E-state index contributed by atoms with van der Waals surface area (Å²) in [5.74, 6) is 0.0581. The number of Topliss-reactive ketones (excluding diaryl/α,β-unsaturated/α-hetero) is 1. The van der Waals surface area contributed by atoms with Gasteiger partial charge in [0.2, 0.25) is 0 Å². The van der Waals surface area contributed by atoms with E-state index in [1.165, 1.54) is 11.9 Å². The van der Waals surface area contributed by atoms with Gasteiger partial charge in [0, 0.05) is 13.0 Å². The average molecular weight is 156 g/mol. The van der Waals surface area contributed by atoms with E-state index in [1.807, 2.05) is 0 Å². The van der Waals surface area contributed by atoms with Crippen LogP contribution in [0.15, 0.2) is 17.9 Å². The summed E-state index contributed by atoms with van der Waals surface area (Å²) in [6.45, 7) is 5.71. The number of carbonyl (C=O) groups excluding carboxylic acids is 1. The van der Waals surface area contributed by atoms with Crippen molar-refractivity contribution in [3.8, 4) is 0 Å². The first-order valence-electron chi connectivity index (χ1n) is 3.39. The number of ketones is 1. The highest BCUT2D eigenvalue weighted by molar-refractivity contribution is 5.75. The average Bonchev–Trinajstić information content (AvgIpc) is 1.97. The van der Waals surface area contributed by atoms with Crippen LogP contribution < -0.4 is 0 Å². The Hall–Kier alpha value is -1.19. The number of hydrogen-bond donors (Lipinski definition) is 0. The van der Waals surface area contributed by atoms with Gasteiger partial charge in [0.15, 0.2) is 0 Å². The molecule has 0 N–H and O–H groups in total. The zero-order valence-electron chi connectivity index (χ0n) is 6.62. The lowest BCUT2D eigenvalue weighted by molar-refractivity contribution is -0.117. The van der Waals surface area contributed by atoms with Crippen LogP contribution in [0.4, 0.5) is 0 Å². The molecule has 0 fully saturated rings. The molecule has 0 aromatic rings. The van der Waals surface area contributed by atoms with Gasteiger partial charge in [0.25, 0.3) is 0 Å². The predicted molar refractivity (Wildman–Crippen MR) is 42.9 cm³/mol. The zero-order chi connectivity index (χ0) is 8.69. The van der Waals surface area contributed by atoms with Crippen molar-refractivity contribution in [1.29, 1.82) is 0 Å². The van der Waals surface area contributed by atoms with Crippen molar-refractivity contribution in [3.05, 3.63) is 17.6 Å². The van der Waals surface area contributed by atoms with Crippen LogP contribution in [0, 0.1) is 4.91 Å². The van der Waals surface area contributed by atoms with E-state index in [-0.39, 0.29) is 5.78 Å². The summed E-state index contributed by atoms with van der Waals surface area (Å²) in [6.07, 6.45) is 1.93. The van der Waals surface area contributed by atoms with Crippen molar-refractivity contribution in [2.24, 2.45) is 5.29 Å². The molecule has 0 rings (SSSR count). The summed E-state index contributed by atoms with van der Waals surface area (Å²) in [7, 11) is 0. The molecule has 11 heavy (non-hydrogen) atoms. The number of nitroso groups, excluding NO2 is 1. The molecule has 0 spiro atoms. The van der Waals surface area contributed by atoms with Gasteiger partial charge < -0.3 is 0 Å². The Kier molecular flexibility index (Phi) is 4.98. The topological polar surface area (TPSA) is 49.7 Å². The molecule has 0 aliphatic carbocycles. The van der Waals surface area contributed by atoms with Crippen LogP contribution in [-0.4, -0.2) is 23.9 Å². The van der Waals surface area contributed by atoms with Gasteiger partial charge in [-0.25, -0.2) is 0 Å². The molecule has 0 saturated heterocycles. The molecule has 0 atom stereocenters. The predicted octanol–water partition coefficient (Wildman–Crippen LogP) is 1.13. The van der Waals surface area contributed by atoms with Gasteiger partial charge in [-0.2, -0.15) is 0 Å². The highest BCUT2D eigenvalue weighted by Crippen LogP contribution is 1.92. The fraction of sp³-hybridized carbons (Fsp3) is 0.571. The Morgan fingerprint density at radius 1 is 1.73 bits per heavy atom. The molecule has 4 heteroatoms. The molecule has 0 heterocycles. The van der Waals surface area contributed by atoms with Crippen molar-refractivity contribution < 1.29 is 4.79 Å². The summed E-state index contributed by atoms with van der Waals surface area (Å²) in [5.41, 5.74) is 0. The standard InChI is InChI=1S/C7H12N2O2/c1-3-5-9(8-11)6-4-7(2)10/h3H,1,4-6H2,2H3. The molecule has 0 amide bonds. The van der Waals surface area contributed by atoms with Gasteiger partial charge in [0.1, 0.15) is 5.78 Å². The van der Waals surface area contributed by atoms with Gasteiger partial charge in [-0.15, -0.1) is 11.5 Å². The van der Waals surface area contributed by atoms with Gasteiger partial charge in [-0.1, -0.05) is 6.08 Å². The first kappa shape index (κ1) is 9.81. The molecule has 0 saturated carbocycles. The van der Waals surface area contributed by atoms with Gasteiger partial charge >= 0.3 is 0 Å². The highest BCUT2D eigenvalue weighted by atomic mass is 16.3. The van der Waals surface area contributed by atoms with E-state index in [9.17, 15) is 9.70 Å². The molecule has 62 valence electrons. The van der Waals surface area contributed by atoms with Crippen LogP contribution in [0.3, 0.4) is 0 Å². The van der Waals surface area contributed by atoms with E-state index in [0.717, 1.165) is 0 Å². The molecular weight excluding hydrogens is 144 g/mol. The first-order valence-corrected chi connectivity index (χ1v) is 3.39. The van der Waals surface area contributed by atoms with Crippen LogP contribution in [0.1, 0.15) is 13.3 Å². The van der Waals surface area contributed by atoms with Crippen LogP contribution in [0.25, 0.3) is 0 Å². The maximum Gasteiger partial charge on any atom is 0.131 e. The maximum absolute atomic E-state index is 10.5. The minimum absolute atomic E-state index is 0.0581. The van der Waals surface area contributed by atoms with Crippen LogP contribution in [-0.2, 0) is 4.79 Å². The van der Waals surface area contributed by atoms with E-state index >= 15 is 0 Å². The summed E-state index contributed by atoms with van der Waals surface area (Å²) >= 11 is 0. The minimum Gasteiger partial charge on any atom is -0.300 e. The summed E-state index contributed by atoms with van der Waals surface area (Å²) in [6, 6.07) is 0. The number of rotatable bonds is 6. The van der Waals surface area contributed by atoms with E-state index in [1.54, 1.807) is 6.08 Å². The lowest BCUT2D eigenvalue weighted by Gasteiger charge is -2.10. The van der Waals surface area contributed by atoms with E-state index in [2.05, 4.69) is 11.9 Å². The van der Waals surface area contributed by atoms with Gasteiger partial charge in [-0.05, 0) is 6.92 Å². The summed E-state index contributed by atoms with van der Waals surface area (Å²) < 4.78 is 0. The summed E-state index contributed by atoms with van der Waals surface area (Å²) in [5, 5.41) is 3.97. The molecule has 0 bridgehead atoms. The third-order valence-electron chi connectivity index (χ3n) is 1.18. The molecule has 0 unspecified atom stereocenters. The SMILES string of the molecule is C=CCN(CCC(C)=O)N=O. The molecule has 0 aromatic carbocycles. The normalized spacial score (nSPS) is 8.82. The number of hydrogen-bond acceptors (Lipinski definition) is 3. The Labute approximate surface area is 65.8 Å². The Balaban J connectivity index is 3.59. The second kappa shape index (κ2) is 5.58. The molecule has 0 aliphatic rings. The van der Waals surface area contributed by atoms with Crippen molar-refractivity contribution in [2.45, 2.75) is 13.3 Å². The Bertz CT molecular complexity index is 157. The fourth-order valence-corrected chi connectivity index (χ4v) is 0.601. The van der Waals surface area contributed by atoms with Crippen molar-refractivity contribution in [3.63, 3.8) is 0 Å². The third-order valence-corrected chi connectivity index (χ3v) is 1.18. The largest absolute Gasteiger partial charge is 0.300 e. The second-order valence-electron chi connectivity index (χ2n) is 2.23.